The van der Waals surface area contributed by atoms with Crippen LogP contribution in [0.15, 0.2) is 48.5 Å². The van der Waals surface area contributed by atoms with Gasteiger partial charge in [-0.3, -0.25) is 4.79 Å². The number of fused-ring (bicyclic) bond motifs is 1. The molecule has 4 heteroatoms. The number of nitrogens with two attached hydrogens (primary N) is 1. The van der Waals surface area contributed by atoms with E-state index in [4.69, 9.17) is 10.5 Å². The van der Waals surface area contributed by atoms with Gasteiger partial charge in [0.2, 0.25) is 5.91 Å². The lowest BCUT2D eigenvalue weighted by atomic mass is 9.77. The Morgan fingerprint density at radius 3 is 2.90 bits per heavy atom. The second-order valence-corrected chi connectivity index (χ2v) is 5.11. The zero-order valence-electron chi connectivity index (χ0n) is 11.7. The van der Waals surface area contributed by atoms with Gasteiger partial charge in [-0.1, -0.05) is 30.3 Å². The van der Waals surface area contributed by atoms with Crippen molar-refractivity contribution < 1.29 is 9.53 Å². The highest BCUT2D eigenvalue weighted by Gasteiger charge is 2.31. The third-order valence-electron chi connectivity index (χ3n) is 3.66. The Kier molecular flexibility index (Phi) is 3.88. The molecule has 4 nitrogen and oxygen atoms in total. The van der Waals surface area contributed by atoms with Gasteiger partial charge >= 0.3 is 0 Å². The summed E-state index contributed by atoms with van der Waals surface area (Å²) in [5.74, 6) is 0.701. The first-order chi connectivity index (χ1) is 10.3. The van der Waals surface area contributed by atoms with Gasteiger partial charge in [0.05, 0.1) is 5.92 Å². The highest BCUT2D eigenvalue weighted by Crippen LogP contribution is 2.35. The molecule has 1 unspecified atom stereocenters. The number of amides is 1. The molecule has 3 N–H and O–H groups in total. The topological polar surface area (TPSA) is 64.3 Å². The third-order valence-corrected chi connectivity index (χ3v) is 3.66. The van der Waals surface area contributed by atoms with Crippen molar-refractivity contribution in [3.8, 4) is 5.75 Å². The summed E-state index contributed by atoms with van der Waals surface area (Å²) in [7, 11) is 0. The molecule has 1 aliphatic carbocycles. The number of carbonyl (C=O) groups excluding carboxylic acids is 1. The Hall–Kier alpha value is -2.33. The van der Waals surface area contributed by atoms with Crippen LogP contribution in [-0.2, 0) is 11.2 Å². The number of anilines is 1. The Labute approximate surface area is 123 Å². The van der Waals surface area contributed by atoms with Crippen molar-refractivity contribution in [2.75, 3.05) is 18.5 Å². The van der Waals surface area contributed by atoms with E-state index >= 15 is 0 Å². The van der Waals surface area contributed by atoms with Gasteiger partial charge in [0.1, 0.15) is 12.4 Å². The second-order valence-electron chi connectivity index (χ2n) is 5.11. The van der Waals surface area contributed by atoms with Crippen molar-refractivity contribution >= 4 is 11.6 Å². The lowest BCUT2D eigenvalue weighted by Gasteiger charge is -2.28. The predicted molar refractivity (Wildman–Crippen MR) is 82.5 cm³/mol. The zero-order valence-corrected chi connectivity index (χ0v) is 11.7. The van der Waals surface area contributed by atoms with Crippen molar-refractivity contribution in [1.82, 2.24) is 0 Å². The van der Waals surface area contributed by atoms with Gasteiger partial charge in [0, 0.05) is 18.3 Å². The summed E-state index contributed by atoms with van der Waals surface area (Å²) in [6.45, 7) is 0.933. The average molecular weight is 282 g/mol. The minimum absolute atomic E-state index is 0.0321. The summed E-state index contributed by atoms with van der Waals surface area (Å²) in [4.78, 5) is 12.3. The lowest BCUT2D eigenvalue weighted by molar-refractivity contribution is -0.118. The Balaban J connectivity index is 1.66. The highest BCUT2D eigenvalue weighted by atomic mass is 16.5. The van der Waals surface area contributed by atoms with E-state index in [-0.39, 0.29) is 11.8 Å². The van der Waals surface area contributed by atoms with Gasteiger partial charge < -0.3 is 15.8 Å². The van der Waals surface area contributed by atoms with Gasteiger partial charge in [0.15, 0.2) is 0 Å². The molecule has 0 radical (unpaired) electrons. The zero-order chi connectivity index (χ0) is 14.7. The molecule has 1 amide bonds. The van der Waals surface area contributed by atoms with Crippen LogP contribution in [0.25, 0.3) is 0 Å². The minimum Gasteiger partial charge on any atom is -0.492 e. The molecule has 108 valence electrons. The van der Waals surface area contributed by atoms with Crippen LogP contribution >= 0.6 is 0 Å². The maximum atomic E-state index is 12.3. The monoisotopic (exact) mass is 282 g/mol. The molecule has 0 saturated carbocycles. The third kappa shape index (κ3) is 2.90. The fourth-order valence-corrected chi connectivity index (χ4v) is 2.56. The molecule has 1 aliphatic rings. The summed E-state index contributed by atoms with van der Waals surface area (Å²) in [6, 6.07) is 15.4. The molecule has 2 aromatic carbocycles. The van der Waals surface area contributed by atoms with Crippen LogP contribution in [0, 0.1) is 0 Å². The second kappa shape index (κ2) is 5.97. The van der Waals surface area contributed by atoms with Crippen molar-refractivity contribution in [3.63, 3.8) is 0 Å². The maximum absolute atomic E-state index is 12.3. The molecule has 3 rings (SSSR count). The number of hydrogen-bond donors (Lipinski definition) is 2. The molecule has 0 fully saturated rings. The predicted octanol–water partition coefficient (Wildman–Crippen LogP) is 2.30. The van der Waals surface area contributed by atoms with Crippen LogP contribution in [0.2, 0.25) is 0 Å². The summed E-state index contributed by atoms with van der Waals surface area (Å²) >= 11 is 0. The van der Waals surface area contributed by atoms with Gasteiger partial charge in [-0.2, -0.15) is 0 Å². The first-order valence-electron chi connectivity index (χ1n) is 7.09. The maximum Gasteiger partial charge on any atom is 0.232 e. The van der Waals surface area contributed by atoms with Crippen molar-refractivity contribution in [3.05, 3.63) is 59.7 Å². The Bertz CT molecular complexity index is 655. The van der Waals surface area contributed by atoms with Crippen LogP contribution in [0.3, 0.4) is 0 Å². The van der Waals surface area contributed by atoms with E-state index < -0.39 is 0 Å². The number of ether oxygens (including phenoxy) is 1. The van der Waals surface area contributed by atoms with Gasteiger partial charge in [-0.25, -0.2) is 0 Å². The smallest absolute Gasteiger partial charge is 0.232 e. The van der Waals surface area contributed by atoms with E-state index in [2.05, 4.69) is 11.4 Å². The van der Waals surface area contributed by atoms with Gasteiger partial charge in [0.25, 0.3) is 0 Å². The lowest BCUT2D eigenvalue weighted by Crippen LogP contribution is -2.30. The van der Waals surface area contributed by atoms with Crippen LogP contribution in [0.4, 0.5) is 5.69 Å². The summed E-state index contributed by atoms with van der Waals surface area (Å²) in [6.07, 6.45) is 0.811. The molecule has 0 spiro atoms. The van der Waals surface area contributed by atoms with Crippen molar-refractivity contribution in [1.29, 1.82) is 0 Å². The number of hydrogen-bond acceptors (Lipinski definition) is 3. The molecule has 2 aromatic rings. The number of nitrogens with one attached hydrogen (secondary N) is 1. The largest absolute Gasteiger partial charge is 0.492 e. The average Bonchev–Trinajstić information content (AvgIpc) is 2.47. The number of carbonyl (C=O) groups is 1. The van der Waals surface area contributed by atoms with Crippen LogP contribution in [-0.4, -0.2) is 19.1 Å². The minimum atomic E-state index is -0.0465. The van der Waals surface area contributed by atoms with E-state index in [1.54, 1.807) is 0 Å². The quantitative estimate of drug-likeness (QED) is 0.884. The molecule has 1 atom stereocenters. The van der Waals surface area contributed by atoms with E-state index in [1.807, 2.05) is 42.5 Å². The summed E-state index contributed by atoms with van der Waals surface area (Å²) in [5.41, 5.74) is 8.55. The molecule has 0 heterocycles. The number of rotatable bonds is 5. The Morgan fingerprint density at radius 1 is 1.24 bits per heavy atom. The van der Waals surface area contributed by atoms with E-state index in [1.165, 1.54) is 5.56 Å². The van der Waals surface area contributed by atoms with Gasteiger partial charge in [-0.15, -0.1) is 0 Å². The SMILES string of the molecule is NCCOc1cccc(NC(=O)C2Cc3ccccc32)c1. The fraction of sp³-hybridized carbons (Fsp3) is 0.235. The molecular weight excluding hydrogens is 264 g/mol. The molecule has 0 aliphatic heterocycles. The standard InChI is InChI=1S/C17H18N2O2/c18-8-9-21-14-6-3-5-13(11-14)19-17(20)16-10-12-4-1-2-7-15(12)16/h1-7,11,16H,8-10,18H2,(H,19,20). The normalized spacial score (nSPS) is 15.8. The van der Waals surface area contributed by atoms with Crippen molar-refractivity contribution in [2.24, 2.45) is 5.73 Å². The highest BCUT2D eigenvalue weighted by molar-refractivity contribution is 5.97. The molecular formula is C17H18N2O2. The number of benzene rings is 2. The van der Waals surface area contributed by atoms with Crippen LogP contribution in [0.5, 0.6) is 5.75 Å². The van der Waals surface area contributed by atoms with E-state index in [0.29, 0.717) is 18.9 Å². The Morgan fingerprint density at radius 2 is 2.10 bits per heavy atom. The molecule has 0 saturated heterocycles. The van der Waals surface area contributed by atoms with Gasteiger partial charge in [-0.05, 0) is 29.7 Å². The van der Waals surface area contributed by atoms with E-state index in [0.717, 1.165) is 17.7 Å². The van der Waals surface area contributed by atoms with Crippen LogP contribution < -0.4 is 15.8 Å². The molecule has 21 heavy (non-hydrogen) atoms. The summed E-state index contributed by atoms with van der Waals surface area (Å²) < 4.78 is 5.46. The van der Waals surface area contributed by atoms with E-state index in [9.17, 15) is 4.79 Å². The fourth-order valence-electron chi connectivity index (χ4n) is 2.56. The van der Waals surface area contributed by atoms with Crippen molar-refractivity contribution in [2.45, 2.75) is 12.3 Å². The molecule has 0 aromatic heterocycles. The first-order valence-corrected chi connectivity index (χ1v) is 7.09. The first kappa shape index (κ1) is 13.6. The summed E-state index contributed by atoms with van der Waals surface area (Å²) in [5, 5.41) is 2.95. The molecule has 0 bridgehead atoms. The van der Waals surface area contributed by atoms with Crippen LogP contribution in [0.1, 0.15) is 17.0 Å².